The Morgan fingerprint density at radius 1 is 0.973 bits per heavy atom. The van der Waals surface area contributed by atoms with Crippen LogP contribution in [0.1, 0.15) is 49.9 Å². The molecule has 0 saturated carbocycles. The molecule has 0 spiro atoms. The van der Waals surface area contributed by atoms with Crippen molar-refractivity contribution < 1.29 is 19.4 Å². The van der Waals surface area contributed by atoms with Crippen LogP contribution in [0.25, 0.3) is 16.5 Å². The molecule has 1 N–H and O–H groups in total. The van der Waals surface area contributed by atoms with E-state index in [1.807, 2.05) is 73.6 Å². The highest BCUT2D eigenvalue weighted by atomic mass is 16.5. The predicted octanol–water partition coefficient (Wildman–Crippen LogP) is 5.52. The number of likely N-dealkylation sites (tertiary alicyclic amines) is 1. The molecule has 3 aromatic rings. The Bertz CT molecular complexity index is 1350. The quantitative estimate of drug-likeness (QED) is 0.263. The first-order valence-corrected chi connectivity index (χ1v) is 12.6. The maximum atomic E-state index is 13.3. The number of ether oxygens (including phenoxy) is 1. The molecule has 1 saturated heterocycles. The van der Waals surface area contributed by atoms with Crippen LogP contribution in [0.3, 0.4) is 0 Å². The molecule has 37 heavy (non-hydrogen) atoms. The second-order valence-corrected chi connectivity index (χ2v) is 10.9. The summed E-state index contributed by atoms with van der Waals surface area (Å²) < 4.78 is 5.31. The van der Waals surface area contributed by atoms with Gasteiger partial charge in [0, 0.05) is 12.1 Å². The van der Waals surface area contributed by atoms with Gasteiger partial charge in [0.05, 0.1) is 18.7 Å². The minimum absolute atomic E-state index is 0.0279. The highest BCUT2D eigenvalue weighted by molar-refractivity contribution is 6.46. The van der Waals surface area contributed by atoms with E-state index in [4.69, 9.17) is 4.74 Å². The third kappa shape index (κ3) is 5.39. The Kier molecular flexibility index (Phi) is 7.42. The van der Waals surface area contributed by atoms with Crippen LogP contribution in [0.4, 0.5) is 0 Å². The van der Waals surface area contributed by atoms with E-state index in [9.17, 15) is 14.7 Å². The van der Waals surface area contributed by atoms with Crippen molar-refractivity contribution in [3.8, 4) is 5.75 Å². The summed E-state index contributed by atoms with van der Waals surface area (Å²) in [6.07, 6.45) is 0.717. The van der Waals surface area contributed by atoms with E-state index in [-0.39, 0.29) is 16.7 Å². The summed E-state index contributed by atoms with van der Waals surface area (Å²) in [5, 5.41) is 13.3. The van der Waals surface area contributed by atoms with Crippen LogP contribution in [0.2, 0.25) is 0 Å². The van der Waals surface area contributed by atoms with E-state index >= 15 is 0 Å². The van der Waals surface area contributed by atoms with Crippen LogP contribution < -0.4 is 4.74 Å². The third-order valence-electron chi connectivity index (χ3n) is 6.96. The fourth-order valence-electron chi connectivity index (χ4n) is 4.83. The summed E-state index contributed by atoms with van der Waals surface area (Å²) in [4.78, 5) is 30.2. The molecule has 0 bridgehead atoms. The van der Waals surface area contributed by atoms with Crippen molar-refractivity contribution in [3.05, 3.63) is 82.9 Å². The molecule has 1 heterocycles. The number of ketones is 1. The second kappa shape index (κ2) is 10.4. The first-order valence-electron chi connectivity index (χ1n) is 12.6. The van der Waals surface area contributed by atoms with Gasteiger partial charge in [-0.1, -0.05) is 63.2 Å². The fourth-order valence-corrected chi connectivity index (χ4v) is 4.83. The summed E-state index contributed by atoms with van der Waals surface area (Å²) >= 11 is 0. The van der Waals surface area contributed by atoms with E-state index in [1.54, 1.807) is 18.1 Å². The number of fused-ring (bicyclic) bond motifs is 1. The average molecular weight is 501 g/mol. The number of carbonyl (C=O) groups excluding carboxylic acids is 2. The van der Waals surface area contributed by atoms with Gasteiger partial charge in [-0.15, -0.1) is 0 Å². The first-order chi connectivity index (χ1) is 17.5. The Hall–Kier alpha value is -3.64. The minimum Gasteiger partial charge on any atom is -0.507 e. The van der Waals surface area contributed by atoms with E-state index in [0.717, 1.165) is 34.2 Å². The summed E-state index contributed by atoms with van der Waals surface area (Å²) in [5.74, 6) is -0.639. The number of benzene rings is 3. The highest BCUT2D eigenvalue weighted by Gasteiger charge is 2.45. The van der Waals surface area contributed by atoms with E-state index in [1.165, 1.54) is 0 Å². The molecule has 0 radical (unpaired) electrons. The molecular weight excluding hydrogens is 464 g/mol. The lowest BCUT2D eigenvalue weighted by molar-refractivity contribution is -0.139. The summed E-state index contributed by atoms with van der Waals surface area (Å²) in [6, 6.07) is 18.5. The standard InChI is InChI=1S/C31H36N2O4/c1-31(2,3)24-13-10-20(11-14-24)27-26(29(35)30(36)33(27)17-7-16-32(4)5)28(34)23-9-8-22-19-25(37-6)15-12-21(22)18-23/h8-15,18-19,27,34H,7,16-17H2,1-6H3/b28-26+. The van der Waals surface area contributed by atoms with E-state index in [0.29, 0.717) is 18.5 Å². The molecule has 1 atom stereocenters. The van der Waals surface area contributed by atoms with Gasteiger partial charge >= 0.3 is 0 Å². The molecule has 6 heteroatoms. The molecule has 6 nitrogen and oxygen atoms in total. The van der Waals surface area contributed by atoms with Crippen molar-refractivity contribution in [3.63, 3.8) is 0 Å². The Labute approximate surface area is 219 Å². The number of amides is 1. The zero-order valence-electron chi connectivity index (χ0n) is 22.5. The molecule has 4 rings (SSSR count). The van der Waals surface area contributed by atoms with Crippen LogP contribution >= 0.6 is 0 Å². The highest BCUT2D eigenvalue weighted by Crippen LogP contribution is 2.40. The van der Waals surface area contributed by atoms with Crippen LogP contribution in [-0.2, 0) is 15.0 Å². The number of nitrogens with zero attached hydrogens (tertiary/aromatic N) is 2. The van der Waals surface area contributed by atoms with Gasteiger partial charge in [0.1, 0.15) is 11.5 Å². The average Bonchev–Trinajstić information content (AvgIpc) is 3.12. The van der Waals surface area contributed by atoms with Crippen molar-refractivity contribution >= 4 is 28.2 Å². The van der Waals surface area contributed by atoms with Crippen LogP contribution in [0.15, 0.2) is 66.2 Å². The summed E-state index contributed by atoms with van der Waals surface area (Å²) in [6.45, 7) is 7.63. The van der Waals surface area contributed by atoms with Gasteiger partial charge in [0.25, 0.3) is 11.7 Å². The van der Waals surface area contributed by atoms with Crippen molar-refractivity contribution in [2.24, 2.45) is 0 Å². The number of hydrogen-bond donors (Lipinski definition) is 1. The number of carbonyl (C=O) groups is 2. The molecule has 0 aliphatic carbocycles. The molecule has 1 amide bonds. The van der Waals surface area contributed by atoms with Crippen LogP contribution in [0.5, 0.6) is 5.75 Å². The number of methoxy groups -OCH3 is 1. The lowest BCUT2D eigenvalue weighted by Gasteiger charge is -2.27. The molecule has 1 unspecified atom stereocenters. The van der Waals surface area contributed by atoms with Crippen molar-refractivity contribution in [2.75, 3.05) is 34.3 Å². The normalized spacial score (nSPS) is 17.7. The number of aliphatic hydroxyl groups excluding tert-OH is 1. The fraction of sp³-hybridized carbons (Fsp3) is 0.355. The SMILES string of the molecule is COc1ccc2cc(/C(O)=C3\C(=O)C(=O)N(CCCN(C)C)C3c3ccc(C(C)(C)C)cc3)ccc2c1. The second-order valence-electron chi connectivity index (χ2n) is 10.9. The lowest BCUT2D eigenvalue weighted by Crippen LogP contribution is -2.32. The Morgan fingerprint density at radius 3 is 2.24 bits per heavy atom. The van der Waals surface area contributed by atoms with Gasteiger partial charge in [-0.25, -0.2) is 0 Å². The molecule has 1 fully saturated rings. The van der Waals surface area contributed by atoms with Crippen molar-refractivity contribution in [1.82, 2.24) is 9.80 Å². The van der Waals surface area contributed by atoms with Gasteiger partial charge in [0.2, 0.25) is 0 Å². The van der Waals surface area contributed by atoms with Crippen molar-refractivity contribution in [1.29, 1.82) is 0 Å². The lowest BCUT2D eigenvalue weighted by atomic mass is 9.85. The van der Waals surface area contributed by atoms with Gasteiger partial charge in [-0.05, 0) is 72.6 Å². The Morgan fingerprint density at radius 2 is 1.62 bits per heavy atom. The Balaban J connectivity index is 1.81. The van der Waals surface area contributed by atoms with Gasteiger partial charge in [0.15, 0.2) is 0 Å². The zero-order valence-corrected chi connectivity index (χ0v) is 22.5. The van der Waals surface area contributed by atoms with Crippen molar-refractivity contribution in [2.45, 2.75) is 38.6 Å². The first kappa shape index (κ1) is 26.4. The topological polar surface area (TPSA) is 70.1 Å². The maximum Gasteiger partial charge on any atom is 0.295 e. The molecule has 1 aliphatic heterocycles. The minimum atomic E-state index is -0.651. The monoisotopic (exact) mass is 500 g/mol. The largest absolute Gasteiger partial charge is 0.507 e. The number of Topliss-reactive ketones (excluding diaryl/α,β-unsaturated/α-hetero) is 1. The zero-order chi connectivity index (χ0) is 26.9. The maximum absolute atomic E-state index is 13.3. The number of rotatable bonds is 7. The molecule has 0 aromatic heterocycles. The molecule has 3 aromatic carbocycles. The number of hydrogen-bond acceptors (Lipinski definition) is 5. The predicted molar refractivity (Wildman–Crippen MR) is 148 cm³/mol. The third-order valence-corrected chi connectivity index (χ3v) is 6.96. The summed E-state index contributed by atoms with van der Waals surface area (Å²) in [7, 11) is 5.57. The number of aliphatic hydroxyl groups is 1. The van der Waals surface area contributed by atoms with Gasteiger partial charge in [-0.3, -0.25) is 9.59 Å². The van der Waals surface area contributed by atoms with Crippen LogP contribution in [0, 0.1) is 0 Å². The van der Waals surface area contributed by atoms with Gasteiger partial charge in [-0.2, -0.15) is 0 Å². The smallest absolute Gasteiger partial charge is 0.295 e. The van der Waals surface area contributed by atoms with Crippen LogP contribution in [-0.4, -0.2) is 60.9 Å². The van der Waals surface area contributed by atoms with E-state index in [2.05, 4.69) is 20.8 Å². The molecule has 194 valence electrons. The molecule has 1 aliphatic rings. The molecular formula is C31H36N2O4. The van der Waals surface area contributed by atoms with Gasteiger partial charge < -0.3 is 19.6 Å². The van der Waals surface area contributed by atoms with E-state index < -0.39 is 17.7 Å². The summed E-state index contributed by atoms with van der Waals surface area (Å²) in [5.41, 5.74) is 2.57.